The van der Waals surface area contributed by atoms with Crippen LogP contribution in [0.2, 0.25) is 0 Å². The van der Waals surface area contributed by atoms with Gasteiger partial charge in [0.15, 0.2) is 11.5 Å². The van der Waals surface area contributed by atoms with Gasteiger partial charge in [0.25, 0.3) is 11.8 Å². The molecule has 0 heterocycles. The molecule has 2 N–H and O–H groups in total. The lowest BCUT2D eigenvalue weighted by Crippen LogP contribution is -2.35. The Morgan fingerprint density at radius 1 is 0.774 bits per heavy atom. The summed E-state index contributed by atoms with van der Waals surface area (Å²) < 4.78 is 10.4. The van der Waals surface area contributed by atoms with E-state index in [2.05, 4.69) is 15.8 Å². The van der Waals surface area contributed by atoms with Gasteiger partial charge in [-0.05, 0) is 18.2 Å². The molecule has 0 aliphatic rings. The standard InChI is InChI=1S/C24H23N3O4/c1-30-20-14-13-19(15-21(20)31-2)24(29)25-16-22(28)26-27-23(17-9-5-3-6-10-17)18-11-7-4-8-12-18/h3-15H,16H2,1-2H3,(H,25,29)(H,26,28). The van der Waals surface area contributed by atoms with Crippen molar-refractivity contribution in [2.75, 3.05) is 20.8 Å². The van der Waals surface area contributed by atoms with Crippen molar-refractivity contribution in [3.05, 3.63) is 95.6 Å². The van der Waals surface area contributed by atoms with Crippen LogP contribution in [0.15, 0.2) is 84.0 Å². The fourth-order valence-corrected chi connectivity index (χ4v) is 2.89. The molecular weight excluding hydrogens is 394 g/mol. The van der Waals surface area contributed by atoms with E-state index in [1.807, 2.05) is 60.7 Å². The number of hydrogen-bond acceptors (Lipinski definition) is 5. The summed E-state index contributed by atoms with van der Waals surface area (Å²) in [5.41, 5.74) is 5.22. The van der Waals surface area contributed by atoms with E-state index < -0.39 is 11.8 Å². The van der Waals surface area contributed by atoms with Gasteiger partial charge in [0.05, 0.1) is 26.5 Å². The zero-order chi connectivity index (χ0) is 22.1. The smallest absolute Gasteiger partial charge is 0.259 e. The highest BCUT2D eigenvalue weighted by Crippen LogP contribution is 2.27. The first kappa shape index (κ1) is 21.6. The van der Waals surface area contributed by atoms with Crippen molar-refractivity contribution in [3.63, 3.8) is 0 Å². The molecule has 0 aromatic heterocycles. The average molecular weight is 417 g/mol. The van der Waals surface area contributed by atoms with Crippen LogP contribution in [0.1, 0.15) is 21.5 Å². The molecule has 7 heteroatoms. The number of amides is 2. The zero-order valence-electron chi connectivity index (χ0n) is 17.3. The highest BCUT2D eigenvalue weighted by molar-refractivity contribution is 6.13. The third-order valence-corrected chi connectivity index (χ3v) is 4.44. The van der Waals surface area contributed by atoms with E-state index in [-0.39, 0.29) is 6.54 Å². The third-order valence-electron chi connectivity index (χ3n) is 4.44. The first-order chi connectivity index (χ1) is 15.1. The molecule has 0 spiro atoms. The number of carbonyl (C=O) groups excluding carboxylic acids is 2. The highest BCUT2D eigenvalue weighted by Gasteiger charge is 2.12. The topological polar surface area (TPSA) is 89.0 Å². The summed E-state index contributed by atoms with van der Waals surface area (Å²) in [5.74, 6) is 0.0877. The molecule has 158 valence electrons. The molecule has 3 aromatic carbocycles. The number of nitrogens with one attached hydrogen (secondary N) is 2. The normalized spacial score (nSPS) is 10.0. The number of nitrogens with zero attached hydrogens (tertiary/aromatic N) is 1. The molecule has 2 amide bonds. The van der Waals surface area contributed by atoms with Gasteiger partial charge in [0, 0.05) is 16.7 Å². The molecular formula is C24H23N3O4. The number of hydrogen-bond donors (Lipinski definition) is 2. The van der Waals surface area contributed by atoms with Gasteiger partial charge in [0.1, 0.15) is 0 Å². The van der Waals surface area contributed by atoms with Crippen LogP contribution < -0.4 is 20.2 Å². The van der Waals surface area contributed by atoms with Crippen LogP contribution in [-0.2, 0) is 4.79 Å². The average Bonchev–Trinajstić information content (AvgIpc) is 2.83. The van der Waals surface area contributed by atoms with E-state index >= 15 is 0 Å². The van der Waals surface area contributed by atoms with Crippen LogP contribution in [0.25, 0.3) is 0 Å². The SMILES string of the molecule is COc1ccc(C(=O)NCC(=O)NN=C(c2ccccc2)c2ccccc2)cc1OC. The van der Waals surface area contributed by atoms with Crippen molar-refractivity contribution in [2.45, 2.75) is 0 Å². The van der Waals surface area contributed by atoms with Gasteiger partial charge in [-0.15, -0.1) is 0 Å². The van der Waals surface area contributed by atoms with E-state index in [1.54, 1.807) is 18.2 Å². The quantitative estimate of drug-likeness (QED) is 0.436. The molecule has 7 nitrogen and oxygen atoms in total. The second kappa shape index (κ2) is 10.6. The van der Waals surface area contributed by atoms with Gasteiger partial charge in [0.2, 0.25) is 0 Å². The summed E-state index contributed by atoms with van der Waals surface area (Å²) in [6.45, 7) is -0.229. The third kappa shape index (κ3) is 5.70. The summed E-state index contributed by atoms with van der Waals surface area (Å²) in [5, 5.41) is 6.87. The Bertz CT molecular complexity index is 1030. The maximum Gasteiger partial charge on any atom is 0.259 e. The van der Waals surface area contributed by atoms with Gasteiger partial charge in [-0.1, -0.05) is 60.7 Å². The minimum absolute atomic E-state index is 0.229. The maximum atomic E-state index is 12.4. The van der Waals surface area contributed by atoms with Gasteiger partial charge in [-0.3, -0.25) is 9.59 Å². The van der Waals surface area contributed by atoms with E-state index in [0.29, 0.717) is 22.8 Å². The Labute approximate surface area is 180 Å². The van der Waals surface area contributed by atoms with Crippen molar-refractivity contribution in [1.29, 1.82) is 0 Å². The Morgan fingerprint density at radius 3 is 1.90 bits per heavy atom. The Morgan fingerprint density at radius 2 is 1.35 bits per heavy atom. The fourth-order valence-electron chi connectivity index (χ4n) is 2.89. The predicted molar refractivity (Wildman–Crippen MR) is 119 cm³/mol. The van der Waals surface area contributed by atoms with Crippen LogP contribution in [-0.4, -0.2) is 38.3 Å². The second-order valence-corrected chi connectivity index (χ2v) is 6.48. The van der Waals surface area contributed by atoms with Crippen molar-refractivity contribution in [3.8, 4) is 11.5 Å². The predicted octanol–water partition coefficient (Wildman–Crippen LogP) is 3.00. The Hall–Kier alpha value is -4.13. The minimum Gasteiger partial charge on any atom is -0.493 e. The van der Waals surface area contributed by atoms with Crippen molar-refractivity contribution in [1.82, 2.24) is 10.7 Å². The minimum atomic E-state index is -0.446. The van der Waals surface area contributed by atoms with Crippen LogP contribution in [0.3, 0.4) is 0 Å². The molecule has 0 aliphatic heterocycles. The molecule has 0 aliphatic carbocycles. The monoisotopic (exact) mass is 417 g/mol. The van der Waals surface area contributed by atoms with Crippen LogP contribution in [0, 0.1) is 0 Å². The molecule has 31 heavy (non-hydrogen) atoms. The lowest BCUT2D eigenvalue weighted by atomic mass is 10.0. The number of carbonyl (C=O) groups is 2. The first-order valence-corrected chi connectivity index (χ1v) is 9.60. The zero-order valence-corrected chi connectivity index (χ0v) is 17.3. The van der Waals surface area contributed by atoms with Gasteiger partial charge >= 0.3 is 0 Å². The molecule has 0 saturated heterocycles. The molecule has 0 radical (unpaired) electrons. The Balaban J connectivity index is 1.66. The van der Waals surface area contributed by atoms with Gasteiger partial charge in [-0.25, -0.2) is 5.43 Å². The number of methoxy groups -OCH3 is 2. The maximum absolute atomic E-state index is 12.4. The van der Waals surface area contributed by atoms with Crippen LogP contribution in [0.4, 0.5) is 0 Å². The van der Waals surface area contributed by atoms with E-state index in [4.69, 9.17) is 9.47 Å². The lowest BCUT2D eigenvalue weighted by molar-refractivity contribution is -0.120. The van der Waals surface area contributed by atoms with Crippen molar-refractivity contribution in [2.24, 2.45) is 5.10 Å². The van der Waals surface area contributed by atoms with E-state index in [9.17, 15) is 9.59 Å². The van der Waals surface area contributed by atoms with Gasteiger partial charge < -0.3 is 14.8 Å². The summed E-state index contributed by atoms with van der Waals surface area (Å²) in [4.78, 5) is 24.7. The molecule has 0 fully saturated rings. The fraction of sp³-hybridized carbons (Fsp3) is 0.125. The number of benzene rings is 3. The summed E-state index contributed by atoms with van der Waals surface area (Å²) in [6, 6.07) is 23.9. The molecule has 0 atom stereocenters. The molecule has 3 rings (SSSR count). The number of ether oxygens (including phenoxy) is 2. The first-order valence-electron chi connectivity index (χ1n) is 9.60. The Kier molecular flexibility index (Phi) is 7.37. The van der Waals surface area contributed by atoms with Crippen LogP contribution in [0.5, 0.6) is 11.5 Å². The summed E-state index contributed by atoms with van der Waals surface area (Å²) in [6.07, 6.45) is 0. The van der Waals surface area contributed by atoms with E-state index in [0.717, 1.165) is 11.1 Å². The number of hydrazone groups is 1. The largest absolute Gasteiger partial charge is 0.493 e. The van der Waals surface area contributed by atoms with Crippen molar-refractivity contribution < 1.29 is 19.1 Å². The molecule has 0 bridgehead atoms. The number of rotatable bonds is 8. The van der Waals surface area contributed by atoms with E-state index in [1.165, 1.54) is 14.2 Å². The van der Waals surface area contributed by atoms with Gasteiger partial charge in [-0.2, -0.15) is 5.10 Å². The lowest BCUT2D eigenvalue weighted by Gasteiger charge is -2.10. The summed E-state index contributed by atoms with van der Waals surface area (Å²) >= 11 is 0. The molecule has 0 unspecified atom stereocenters. The molecule has 3 aromatic rings. The highest BCUT2D eigenvalue weighted by atomic mass is 16.5. The van der Waals surface area contributed by atoms with Crippen molar-refractivity contribution >= 4 is 17.5 Å². The summed E-state index contributed by atoms with van der Waals surface area (Å²) in [7, 11) is 3.00. The molecule has 0 saturated carbocycles. The second-order valence-electron chi connectivity index (χ2n) is 6.48. The van der Waals surface area contributed by atoms with Crippen LogP contribution >= 0.6 is 0 Å².